The van der Waals surface area contributed by atoms with Crippen molar-refractivity contribution < 1.29 is 14.6 Å². The van der Waals surface area contributed by atoms with E-state index >= 15 is 0 Å². The number of aliphatic hydroxyl groups is 1. The number of esters is 1. The van der Waals surface area contributed by atoms with E-state index in [0.717, 1.165) is 6.08 Å². The van der Waals surface area contributed by atoms with Gasteiger partial charge >= 0.3 is 5.97 Å². The Labute approximate surface area is 74.7 Å². The Bertz CT molecular complexity index is 321. The molecule has 0 aliphatic heterocycles. The number of methoxy groups -OCH3 is 1. The molecule has 1 N–H and O–H groups in total. The quantitative estimate of drug-likeness (QED) is 0.408. The van der Waals surface area contributed by atoms with Crippen molar-refractivity contribution in [2.75, 3.05) is 7.11 Å². The van der Waals surface area contributed by atoms with E-state index in [2.05, 4.69) is 14.7 Å². The van der Waals surface area contributed by atoms with Crippen LogP contribution in [0.15, 0.2) is 24.7 Å². The summed E-state index contributed by atoms with van der Waals surface area (Å²) < 4.78 is 4.32. The summed E-state index contributed by atoms with van der Waals surface area (Å²) in [6.45, 7) is 0. The lowest BCUT2D eigenvalue weighted by atomic mass is 10.3. The second-order valence-electron chi connectivity index (χ2n) is 2.14. The Hall–Kier alpha value is -1.91. The summed E-state index contributed by atoms with van der Waals surface area (Å²) in [6.07, 6.45) is 5.16. The topological polar surface area (TPSA) is 72.3 Å². The highest BCUT2D eigenvalue weighted by atomic mass is 16.5. The third kappa shape index (κ3) is 2.55. The highest BCUT2D eigenvalue weighted by Gasteiger charge is 2.03. The Kier molecular flexibility index (Phi) is 2.97. The van der Waals surface area contributed by atoms with Gasteiger partial charge in [0, 0.05) is 12.4 Å². The maximum Gasteiger partial charge on any atom is 0.334 e. The number of aromatic nitrogens is 2. The first-order valence-corrected chi connectivity index (χ1v) is 3.49. The van der Waals surface area contributed by atoms with Crippen LogP contribution in [-0.4, -0.2) is 28.2 Å². The van der Waals surface area contributed by atoms with Gasteiger partial charge in [0.2, 0.25) is 0 Å². The van der Waals surface area contributed by atoms with Gasteiger partial charge in [0.1, 0.15) is 11.5 Å². The molecule has 1 heterocycles. The van der Waals surface area contributed by atoms with Gasteiger partial charge in [0.15, 0.2) is 0 Å². The molecule has 0 aromatic carbocycles. The molecular weight excluding hydrogens is 172 g/mol. The smallest absolute Gasteiger partial charge is 0.334 e. The molecule has 0 saturated carbocycles. The second-order valence-corrected chi connectivity index (χ2v) is 2.14. The molecule has 0 amide bonds. The zero-order valence-electron chi connectivity index (χ0n) is 6.97. The molecule has 1 rings (SSSR count). The fraction of sp³-hybridized carbons (Fsp3) is 0.125. The van der Waals surface area contributed by atoms with Gasteiger partial charge in [0.05, 0.1) is 19.4 Å². The van der Waals surface area contributed by atoms with Gasteiger partial charge < -0.3 is 9.84 Å². The molecule has 0 aliphatic rings. The van der Waals surface area contributed by atoms with E-state index in [4.69, 9.17) is 0 Å². The average Bonchev–Trinajstić information content (AvgIpc) is 2.19. The molecule has 0 spiro atoms. The number of hydrogen-bond acceptors (Lipinski definition) is 5. The maximum atomic E-state index is 10.7. The third-order valence-electron chi connectivity index (χ3n) is 1.28. The van der Waals surface area contributed by atoms with Crippen LogP contribution in [0.3, 0.4) is 0 Å². The van der Waals surface area contributed by atoms with E-state index < -0.39 is 5.97 Å². The third-order valence-corrected chi connectivity index (χ3v) is 1.28. The Morgan fingerprint density at radius 2 is 2.38 bits per heavy atom. The normalized spacial score (nSPS) is 11.0. The molecule has 5 heteroatoms. The molecule has 0 unspecified atom stereocenters. The number of carbonyl (C=O) groups excluding carboxylic acids is 1. The lowest BCUT2D eigenvalue weighted by Gasteiger charge is -1.96. The Balaban J connectivity index is 2.85. The first kappa shape index (κ1) is 9.18. The van der Waals surface area contributed by atoms with E-state index in [1.54, 1.807) is 0 Å². The number of nitrogens with zero attached hydrogens (tertiary/aromatic N) is 2. The van der Waals surface area contributed by atoms with Crippen molar-refractivity contribution in [3.8, 4) is 0 Å². The summed E-state index contributed by atoms with van der Waals surface area (Å²) in [5, 5.41) is 9.28. The summed E-state index contributed by atoms with van der Waals surface area (Å²) >= 11 is 0. The standard InChI is InChI=1S/C8H8N2O3/c1-13-8(12)4-7(11)6-5-9-2-3-10-6/h2-5,11H,1H3/b7-4-. The molecule has 0 aliphatic carbocycles. The molecule has 0 fully saturated rings. The molecule has 13 heavy (non-hydrogen) atoms. The number of carbonyl (C=O) groups is 1. The lowest BCUT2D eigenvalue weighted by molar-refractivity contribution is -0.134. The molecule has 68 valence electrons. The summed E-state index contributed by atoms with van der Waals surface area (Å²) in [5.41, 5.74) is 0.230. The van der Waals surface area contributed by atoms with Crippen molar-refractivity contribution in [3.05, 3.63) is 30.4 Å². The van der Waals surface area contributed by atoms with Gasteiger partial charge in [-0.2, -0.15) is 0 Å². The summed E-state index contributed by atoms with van der Waals surface area (Å²) in [7, 11) is 1.22. The molecule has 0 atom stereocenters. The minimum Gasteiger partial charge on any atom is -0.505 e. The van der Waals surface area contributed by atoms with Crippen LogP contribution >= 0.6 is 0 Å². The van der Waals surface area contributed by atoms with Crippen LogP contribution in [0.1, 0.15) is 5.69 Å². The first-order chi connectivity index (χ1) is 6.24. The molecule has 1 aromatic heterocycles. The monoisotopic (exact) mass is 180 g/mol. The SMILES string of the molecule is COC(=O)/C=C(\O)c1cnccn1. The molecule has 0 saturated heterocycles. The first-order valence-electron chi connectivity index (χ1n) is 3.49. The van der Waals surface area contributed by atoms with Crippen molar-refractivity contribution in [2.24, 2.45) is 0 Å². The minimum absolute atomic E-state index is 0.230. The van der Waals surface area contributed by atoms with Crippen LogP contribution in [0.4, 0.5) is 0 Å². The minimum atomic E-state index is -0.636. The van der Waals surface area contributed by atoms with Crippen molar-refractivity contribution in [3.63, 3.8) is 0 Å². The highest BCUT2D eigenvalue weighted by Crippen LogP contribution is 2.04. The number of rotatable bonds is 2. The second kappa shape index (κ2) is 4.20. The fourth-order valence-electron chi connectivity index (χ4n) is 0.676. The highest BCUT2D eigenvalue weighted by molar-refractivity contribution is 5.88. The summed E-state index contributed by atoms with van der Waals surface area (Å²) in [5.74, 6) is -0.900. The van der Waals surface area contributed by atoms with Gasteiger partial charge in [-0.25, -0.2) is 9.78 Å². The largest absolute Gasteiger partial charge is 0.505 e. The predicted molar refractivity (Wildman–Crippen MR) is 44.7 cm³/mol. The van der Waals surface area contributed by atoms with Crippen molar-refractivity contribution in [1.29, 1.82) is 0 Å². The Morgan fingerprint density at radius 3 is 2.92 bits per heavy atom. The number of hydrogen-bond donors (Lipinski definition) is 1. The van der Waals surface area contributed by atoms with Gasteiger partial charge in [0.25, 0.3) is 0 Å². The van der Waals surface area contributed by atoms with Crippen LogP contribution in [0.25, 0.3) is 5.76 Å². The Morgan fingerprint density at radius 1 is 1.62 bits per heavy atom. The molecular formula is C8H8N2O3. The van der Waals surface area contributed by atoms with Crippen LogP contribution in [0, 0.1) is 0 Å². The predicted octanol–water partition coefficient (Wildman–Crippen LogP) is 0.548. The van der Waals surface area contributed by atoms with Crippen LogP contribution in [-0.2, 0) is 9.53 Å². The fourth-order valence-corrected chi connectivity index (χ4v) is 0.676. The van der Waals surface area contributed by atoms with E-state index in [-0.39, 0.29) is 11.5 Å². The van der Waals surface area contributed by atoms with Gasteiger partial charge in [-0.3, -0.25) is 4.98 Å². The average molecular weight is 180 g/mol. The zero-order chi connectivity index (χ0) is 9.68. The van der Waals surface area contributed by atoms with Crippen LogP contribution < -0.4 is 0 Å². The van der Waals surface area contributed by atoms with E-state index in [1.165, 1.54) is 25.7 Å². The number of ether oxygens (including phenoxy) is 1. The number of aliphatic hydroxyl groups excluding tert-OH is 1. The van der Waals surface area contributed by atoms with Crippen molar-refractivity contribution in [2.45, 2.75) is 0 Å². The molecule has 0 bridgehead atoms. The van der Waals surface area contributed by atoms with Gasteiger partial charge in [-0.15, -0.1) is 0 Å². The van der Waals surface area contributed by atoms with E-state index in [9.17, 15) is 9.90 Å². The molecule has 0 radical (unpaired) electrons. The van der Waals surface area contributed by atoms with Crippen LogP contribution in [0.2, 0.25) is 0 Å². The zero-order valence-corrected chi connectivity index (χ0v) is 6.97. The van der Waals surface area contributed by atoms with Gasteiger partial charge in [-0.05, 0) is 0 Å². The van der Waals surface area contributed by atoms with E-state index in [1.807, 2.05) is 0 Å². The molecule has 5 nitrogen and oxygen atoms in total. The van der Waals surface area contributed by atoms with E-state index in [0.29, 0.717) is 0 Å². The lowest BCUT2D eigenvalue weighted by Crippen LogP contribution is -1.98. The molecule has 1 aromatic rings. The maximum absolute atomic E-state index is 10.7. The van der Waals surface area contributed by atoms with Crippen LogP contribution in [0.5, 0.6) is 0 Å². The van der Waals surface area contributed by atoms with Crippen molar-refractivity contribution in [1.82, 2.24) is 9.97 Å². The van der Waals surface area contributed by atoms with Gasteiger partial charge in [-0.1, -0.05) is 0 Å². The summed E-state index contributed by atoms with van der Waals surface area (Å²) in [4.78, 5) is 18.2. The van der Waals surface area contributed by atoms with Crippen molar-refractivity contribution >= 4 is 11.7 Å². The summed E-state index contributed by atoms with van der Waals surface area (Å²) in [6, 6.07) is 0.